The summed E-state index contributed by atoms with van der Waals surface area (Å²) in [5.74, 6) is 1.58. The van der Waals surface area contributed by atoms with Crippen LogP contribution >= 0.6 is 112 Å². The lowest BCUT2D eigenvalue weighted by Gasteiger charge is -2.18. The maximum atomic E-state index is 6.04. The normalized spacial score (nSPS) is 13.1. The molecule has 0 radical (unpaired) electrons. The number of hydrogen-bond acceptors (Lipinski definition) is 3. The SMILES string of the molecule is CCCOC(CBr)COc1c(Br)cc(Cc2cc(Br)c(OCC(Br)CBr)c(Br)c2)cc1Br. The van der Waals surface area contributed by atoms with Crippen LogP contribution in [0.4, 0.5) is 0 Å². The van der Waals surface area contributed by atoms with E-state index in [1.165, 1.54) is 0 Å². The van der Waals surface area contributed by atoms with Crippen LogP contribution in [0.5, 0.6) is 11.5 Å². The average molecular weight is 895 g/mol. The van der Waals surface area contributed by atoms with Gasteiger partial charge in [0.05, 0.1) is 22.7 Å². The van der Waals surface area contributed by atoms with Crippen LogP contribution in [0.2, 0.25) is 0 Å². The summed E-state index contributed by atoms with van der Waals surface area (Å²) in [7, 11) is 0. The highest BCUT2D eigenvalue weighted by atomic mass is 79.9. The van der Waals surface area contributed by atoms with Crippen molar-refractivity contribution in [1.82, 2.24) is 0 Å². The number of halogens is 7. The van der Waals surface area contributed by atoms with E-state index in [1.54, 1.807) is 0 Å². The van der Waals surface area contributed by atoms with E-state index in [-0.39, 0.29) is 10.9 Å². The van der Waals surface area contributed by atoms with Crippen LogP contribution in [0.15, 0.2) is 42.2 Å². The zero-order valence-electron chi connectivity index (χ0n) is 17.3. The van der Waals surface area contributed by atoms with Crippen molar-refractivity contribution in [1.29, 1.82) is 0 Å². The molecule has 0 fully saturated rings. The molecule has 2 atom stereocenters. The van der Waals surface area contributed by atoms with Gasteiger partial charge in [-0.25, -0.2) is 0 Å². The standard InChI is InChI=1S/C22H23Br7O3/c1-2-3-30-16(10-24)12-32-22-19(28)7-14(8-20(22)29)4-13-5-17(26)21(18(27)6-13)31-11-15(25)9-23/h5-8,15-16H,2-4,9-12H2,1H3. The van der Waals surface area contributed by atoms with Gasteiger partial charge in [-0.3, -0.25) is 0 Å². The van der Waals surface area contributed by atoms with Crippen molar-refractivity contribution in [2.45, 2.75) is 30.7 Å². The molecular formula is C22H23Br7O3. The maximum absolute atomic E-state index is 6.04. The highest BCUT2D eigenvalue weighted by Gasteiger charge is 2.15. The molecule has 2 aromatic rings. The van der Waals surface area contributed by atoms with Gasteiger partial charge in [0, 0.05) is 17.3 Å². The van der Waals surface area contributed by atoms with E-state index in [0.717, 1.165) is 70.6 Å². The third kappa shape index (κ3) is 9.43. The monoisotopic (exact) mass is 888 g/mol. The van der Waals surface area contributed by atoms with Gasteiger partial charge in [0.1, 0.15) is 30.8 Å². The summed E-state index contributed by atoms with van der Waals surface area (Å²) in [5.41, 5.74) is 2.31. The lowest BCUT2D eigenvalue weighted by Crippen LogP contribution is -2.24. The minimum Gasteiger partial charge on any atom is -0.490 e. The van der Waals surface area contributed by atoms with Crippen molar-refractivity contribution < 1.29 is 14.2 Å². The van der Waals surface area contributed by atoms with E-state index in [9.17, 15) is 0 Å². The zero-order chi connectivity index (χ0) is 23.7. The highest BCUT2D eigenvalue weighted by Crippen LogP contribution is 2.38. The number of alkyl halides is 3. The molecule has 0 saturated heterocycles. The highest BCUT2D eigenvalue weighted by molar-refractivity contribution is 9.12. The fourth-order valence-electron chi connectivity index (χ4n) is 2.76. The number of rotatable bonds is 13. The molecule has 2 rings (SSSR count). The Hall–Kier alpha value is 1.36. The molecule has 0 aliphatic rings. The second-order valence-electron chi connectivity index (χ2n) is 6.97. The van der Waals surface area contributed by atoms with Gasteiger partial charge in [0.15, 0.2) is 0 Å². The number of hydrogen-bond donors (Lipinski definition) is 0. The van der Waals surface area contributed by atoms with Gasteiger partial charge in [-0.15, -0.1) is 0 Å². The average Bonchev–Trinajstić information content (AvgIpc) is 2.74. The topological polar surface area (TPSA) is 27.7 Å². The minimum atomic E-state index is 0.0122. The van der Waals surface area contributed by atoms with Crippen LogP contribution < -0.4 is 9.47 Å². The summed E-state index contributed by atoms with van der Waals surface area (Å²) in [6.07, 6.45) is 1.76. The molecule has 0 aromatic heterocycles. The first-order valence-electron chi connectivity index (χ1n) is 9.88. The Morgan fingerprint density at radius 3 is 1.62 bits per heavy atom. The van der Waals surface area contributed by atoms with Crippen LogP contribution in [0.25, 0.3) is 0 Å². The van der Waals surface area contributed by atoms with Crippen LogP contribution in [-0.4, -0.2) is 41.4 Å². The van der Waals surface area contributed by atoms with E-state index in [2.05, 4.69) is 143 Å². The van der Waals surface area contributed by atoms with Crippen molar-refractivity contribution >= 4 is 112 Å². The Balaban J connectivity index is 2.10. The van der Waals surface area contributed by atoms with E-state index in [1.807, 2.05) is 0 Å². The fraction of sp³-hybridized carbons (Fsp3) is 0.455. The first kappa shape index (κ1) is 29.6. The molecule has 0 saturated carbocycles. The third-order valence-electron chi connectivity index (χ3n) is 4.24. The summed E-state index contributed by atoms with van der Waals surface area (Å²) >= 11 is 25.1. The Labute approximate surface area is 249 Å². The van der Waals surface area contributed by atoms with Crippen molar-refractivity contribution in [3.05, 3.63) is 53.3 Å². The van der Waals surface area contributed by atoms with E-state index < -0.39 is 0 Å². The predicted octanol–water partition coefficient (Wildman–Crippen LogP) is 9.43. The third-order valence-corrected chi connectivity index (χ3v) is 9.56. The minimum absolute atomic E-state index is 0.0122. The Morgan fingerprint density at radius 1 is 0.750 bits per heavy atom. The molecule has 0 aliphatic carbocycles. The van der Waals surface area contributed by atoms with Crippen molar-refractivity contribution in [2.75, 3.05) is 30.5 Å². The van der Waals surface area contributed by atoms with Crippen LogP contribution in [0, 0.1) is 0 Å². The van der Waals surface area contributed by atoms with E-state index >= 15 is 0 Å². The lowest BCUT2D eigenvalue weighted by molar-refractivity contribution is 0.0361. The molecule has 0 bridgehead atoms. The molecule has 178 valence electrons. The van der Waals surface area contributed by atoms with Crippen molar-refractivity contribution in [3.63, 3.8) is 0 Å². The fourth-order valence-corrected chi connectivity index (χ4v) is 6.47. The largest absolute Gasteiger partial charge is 0.490 e. The van der Waals surface area contributed by atoms with Gasteiger partial charge < -0.3 is 14.2 Å². The molecule has 2 aromatic carbocycles. The molecular weight excluding hydrogens is 872 g/mol. The summed E-state index contributed by atoms with van der Waals surface area (Å²) in [5, 5.41) is 1.56. The van der Waals surface area contributed by atoms with Crippen molar-refractivity contribution in [2.24, 2.45) is 0 Å². The molecule has 0 heterocycles. The lowest BCUT2D eigenvalue weighted by atomic mass is 10.0. The number of benzene rings is 2. The Morgan fingerprint density at radius 2 is 1.22 bits per heavy atom. The van der Waals surface area contributed by atoms with E-state index in [0.29, 0.717) is 13.2 Å². The van der Waals surface area contributed by atoms with Gasteiger partial charge in [0.2, 0.25) is 0 Å². The van der Waals surface area contributed by atoms with Crippen LogP contribution in [-0.2, 0) is 11.2 Å². The predicted molar refractivity (Wildman–Crippen MR) is 158 cm³/mol. The van der Waals surface area contributed by atoms with Gasteiger partial charge in [-0.2, -0.15) is 0 Å². The second-order valence-corrected chi connectivity index (χ2v) is 13.0. The van der Waals surface area contributed by atoms with Gasteiger partial charge in [0.25, 0.3) is 0 Å². The molecule has 2 unspecified atom stereocenters. The number of ether oxygens (including phenoxy) is 3. The molecule has 10 heteroatoms. The zero-order valence-corrected chi connectivity index (χ0v) is 28.4. The summed E-state index contributed by atoms with van der Waals surface area (Å²) in [4.78, 5) is 0.249. The summed E-state index contributed by atoms with van der Waals surface area (Å²) in [6, 6.07) is 8.37. The second kappa shape index (κ2) is 15.5. The molecule has 32 heavy (non-hydrogen) atoms. The first-order valence-corrected chi connectivity index (χ1v) is 16.2. The van der Waals surface area contributed by atoms with Crippen LogP contribution in [0.3, 0.4) is 0 Å². The van der Waals surface area contributed by atoms with Gasteiger partial charge in [-0.1, -0.05) is 54.7 Å². The first-order chi connectivity index (χ1) is 15.3. The van der Waals surface area contributed by atoms with E-state index in [4.69, 9.17) is 14.2 Å². The van der Waals surface area contributed by atoms with Gasteiger partial charge in [-0.05, 0) is 112 Å². The van der Waals surface area contributed by atoms with Crippen molar-refractivity contribution in [3.8, 4) is 11.5 Å². The molecule has 3 nitrogen and oxygen atoms in total. The Bertz CT molecular complexity index is 833. The quantitative estimate of drug-likeness (QED) is 0.188. The molecule has 0 N–H and O–H groups in total. The maximum Gasteiger partial charge on any atom is 0.147 e. The van der Waals surface area contributed by atoms with Gasteiger partial charge >= 0.3 is 0 Å². The molecule has 0 aliphatic heterocycles. The Kier molecular flexibility index (Phi) is 14.3. The summed E-state index contributed by atoms with van der Waals surface area (Å²) in [6.45, 7) is 3.87. The summed E-state index contributed by atoms with van der Waals surface area (Å²) < 4.78 is 21.4. The molecule has 0 amide bonds. The smallest absolute Gasteiger partial charge is 0.147 e. The van der Waals surface area contributed by atoms with Crippen LogP contribution in [0.1, 0.15) is 24.5 Å². The molecule has 0 spiro atoms.